The predicted molar refractivity (Wildman–Crippen MR) is 80.3 cm³/mol. The molecule has 0 bridgehead atoms. The van der Waals surface area contributed by atoms with Crippen LogP contribution >= 0.6 is 0 Å². The second kappa shape index (κ2) is 6.98. The number of hydrogen-bond acceptors (Lipinski definition) is 3. The van der Waals surface area contributed by atoms with Crippen LogP contribution in [0.4, 0.5) is 18.9 Å². The summed E-state index contributed by atoms with van der Waals surface area (Å²) < 4.78 is 44.0. The van der Waals surface area contributed by atoms with Crippen LogP contribution in [0.3, 0.4) is 0 Å². The number of para-hydroxylation sites is 1. The highest BCUT2D eigenvalue weighted by atomic mass is 19.4. The molecule has 0 saturated carbocycles. The van der Waals surface area contributed by atoms with Gasteiger partial charge in [0, 0.05) is 0 Å². The summed E-state index contributed by atoms with van der Waals surface area (Å²) >= 11 is 0. The fourth-order valence-corrected chi connectivity index (χ4v) is 1.82. The van der Waals surface area contributed by atoms with Crippen molar-refractivity contribution >= 4 is 11.9 Å². The zero-order valence-electron chi connectivity index (χ0n) is 11.9. The summed E-state index contributed by atoms with van der Waals surface area (Å²) in [6, 6.07) is 13.0. The normalized spacial score (nSPS) is 11.6. The molecule has 0 spiro atoms. The van der Waals surface area contributed by atoms with Gasteiger partial charge in [-0.05, 0) is 42.8 Å². The van der Waals surface area contributed by atoms with Crippen LogP contribution in [-0.2, 0) is 6.18 Å². The van der Waals surface area contributed by atoms with Gasteiger partial charge in [-0.15, -0.1) is 0 Å². The molecule has 0 aliphatic carbocycles. The summed E-state index contributed by atoms with van der Waals surface area (Å²) in [7, 11) is 0. The molecule has 1 N–H and O–H groups in total. The summed E-state index contributed by atoms with van der Waals surface area (Å²) in [5.74, 6) is -0.178. The zero-order chi connectivity index (χ0) is 16.0. The van der Waals surface area contributed by atoms with Crippen molar-refractivity contribution < 1.29 is 17.9 Å². The Kier molecular flexibility index (Phi) is 5.04. The smallest absolute Gasteiger partial charge is 0.419 e. The first-order valence-corrected chi connectivity index (χ1v) is 6.69. The molecule has 0 aromatic heterocycles. The van der Waals surface area contributed by atoms with Gasteiger partial charge in [0.05, 0.1) is 24.1 Å². The van der Waals surface area contributed by atoms with Crippen molar-refractivity contribution in [2.75, 3.05) is 12.0 Å². The Bertz CT molecular complexity index is 640. The second-order valence-corrected chi connectivity index (χ2v) is 4.42. The number of hydrazone groups is 1. The third-order valence-corrected chi connectivity index (χ3v) is 2.79. The topological polar surface area (TPSA) is 33.6 Å². The van der Waals surface area contributed by atoms with E-state index >= 15 is 0 Å². The van der Waals surface area contributed by atoms with Crippen LogP contribution in [0.5, 0.6) is 5.75 Å². The highest BCUT2D eigenvalue weighted by molar-refractivity contribution is 5.81. The highest BCUT2D eigenvalue weighted by Crippen LogP contribution is 2.36. The molecule has 0 unspecified atom stereocenters. The minimum Gasteiger partial charge on any atom is -0.493 e. The van der Waals surface area contributed by atoms with Crippen LogP contribution in [0.1, 0.15) is 18.1 Å². The Morgan fingerprint density at radius 1 is 1.14 bits per heavy atom. The maximum atomic E-state index is 13.0. The van der Waals surface area contributed by atoms with E-state index in [0.717, 1.165) is 11.8 Å². The maximum Gasteiger partial charge on any atom is 0.419 e. The molecule has 6 heteroatoms. The van der Waals surface area contributed by atoms with Gasteiger partial charge in [0.25, 0.3) is 0 Å². The lowest BCUT2D eigenvalue weighted by Gasteiger charge is -2.13. The first kappa shape index (κ1) is 15.9. The molecule has 0 saturated heterocycles. The van der Waals surface area contributed by atoms with Crippen LogP contribution in [0.2, 0.25) is 0 Å². The number of anilines is 1. The molecule has 116 valence electrons. The molecule has 22 heavy (non-hydrogen) atoms. The minimum atomic E-state index is -4.47. The van der Waals surface area contributed by atoms with E-state index in [-0.39, 0.29) is 12.4 Å². The molecule has 0 radical (unpaired) electrons. The molecule has 2 aromatic rings. The number of nitrogens with zero attached hydrogens (tertiary/aromatic N) is 1. The Labute approximate surface area is 126 Å². The van der Waals surface area contributed by atoms with E-state index in [0.29, 0.717) is 5.56 Å². The largest absolute Gasteiger partial charge is 0.493 e. The van der Waals surface area contributed by atoms with Crippen LogP contribution in [0, 0.1) is 0 Å². The van der Waals surface area contributed by atoms with Crippen LogP contribution < -0.4 is 10.2 Å². The van der Waals surface area contributed by atoms with Crippen molar-refractivity contribution in [1.82, 2.24) is 0 Å². The van der Waals surface area contributed by atoms with Crippen LogP contribution in [-0.4, -0.2) is 12.8 Å². The number of ether oxygens (including phenoxy) is 1. The van der Waals surface area contributed by atoms with Crippen molar-refractivity contribution in [2.24, 2.45) is 5.10 Å². The lowest BCUT2D eigenvalue weighted by Crippen LogP contribution is -2.09. The van der Waals surface area contributed by atoms with E-state index in [4.69, 9.17) is 4.74 Å². The molecule has 0 heterocycles. The zero-order valence-corrected chi connectivity index (χ0v) is 11.9. The van der Waals surface area contributed by atoms with Gasteiger partial charge in [0.2, 0.25) is 0 Å². The van der Waals surface area contributed by atoms with Crippen molar-refractivity contribution in [3.8, 4) is 5.75 Å². The van der Waals surface area contributed by atoms with E-state index in [1.807, 2.05) is 18.2 Å². The average Bonchev–Trinajstić information content (AvgIpc) is 2.49. The molecule has 0 amide bonds. The summed E-state index contributed by atoms with van der Waals surface area (Å²) in [5, 5.41) is 3.93. The number of alkyl halides is 3. The van der Waals surface area contributed by atoms with Gasteiger partial charge in [-0.1, -0.05) is 18.2 Å². The van der Waals surface area contributed by atoms with E-state index in [2.05, 4.69) is 10.5 Å². The molecule has 2 aromatic carbocycles. The fraction of sp³-hybridized carbons (Fsp3) is 0.188. The molecule has 0 atom stereocenters. The minimum absolute atomic E-state index is 0.173. The third kappa shape index (κ3) is 4.25. The third-order valence-electron chi connectivity index (χ3n) is 2.79. The summed E-state index contributed by atoms with van der Waals surface area (Å²) in [6.45, 7) is 1.81. The molecule has 3 nitrogen and oxygen atoms in total. The fourth-order valence-electron chi connectivity index (χ4n) is 1.82. The SMILES string of the molecule is CCOc1ccc(C=NNc2ccccc2)cc1C(F)(F)F. The molecule has 2 rings (SSSR count). The van der Waals surface area contributed by atoms with Crippen molar-refractivity contribution in [1.29, 1.82) is 0 Å². The quantitative estimate of drug-likeness (QED) is 0.649. The van der Waals surface area contributed by atoms with Gasteiger partial charge < -0.3 is 4.74 Å². The molecule has 0 fully saturated rings. The van der Waals surface area contributed by atoms with Crippen molar-refractivity contribution in [3.05, 3.63) is 59.7 Å². The predicted octanol–water partition coefficient (Wildman–Crippen LogP) is 4.55. The van der Waals surface area contributed by atoms with Gasteiger partial charge in [0.1, 0.15) is 5.75 Å². The number of rotatable bonds is 5. The number of nitrogens with one attached hydrogen (secondary N) is 1. The lowest BCUT2D eigenvalue weighted by atomic mass is 10.1. The number of hydrogen-bond donors (Lipinski definition) is 1. The van der Waals surface area contributed by atoms with E-state index in [9.17, 15) is 13.2 Å². The van der Waals surface area contributed by atoms with E-state index in [1.54, 1.807) is 19.1 Å². The Morgan fingerprint density at radius 2 is 1.86 bits per heavy atom. The Morgan fingerprint density at radius 3 is 2.50 bits per heavy atom. The first-order chi connectivity index (χ1) is 10.5. The molecular formula is C16H15F3N2O. The first-order valence-electron chi connectivity index (χ1n) is 6.69. The molecule has 0 aliphatic rings. The highest BCUT2D eigenvalue weighted by Gasteiger charge is 2.34. The summed E-state index contributed by atoms with van der Waals surface area (Å²) in [6.07, 6.45) is -3.14. The van der Waals surface area contributed by atoms with Crippen LogP contribution in [0.15, 0.2) is 53.6 Å². The maximum absolute atomic E-state index is 13.0. The van der Waals surface area contributed by atoms with E-state index < -0.39 is 11.7 Å². The van der Waals surface area contributed by atoms with Gasteiger partial charge in [-0.3, -0.25) is 5.43 Å². The molecular weight excluding hydrogens is 293 g/mol. The monoisotopic (exact) mass is 308 g/mol. The van der Waals surface area contributed by atoms with E-state index in [1.165, 1.54) is 18.3 Å². The second-order valence-electron chi connectivity index (χ2n) is 4.42. The number of benzene rings is 2. The molecule has 0 aliphatic heterocycles. The van der Waals surface area contributed by atoms with Gasteiger partial charge in [0.15, 0.2) is 0 Å². The summed E-state index contributed by atoms with van der Waals surface area (Å²) in [4.78, 5) is 0. The standard InChI is InChI=1S/C16H15F3N2O/c1-2-22-15-9-8-12(10-14(15)16(17,18)19)11-20-21-13-6-4-3-5-7-13/h3-11,21H,2H2,1H3. The van der Waals surface area contributed by atoms with Gasteiger partial charge in [-0.25, -0.2) is 0 Å². The van der Waals surface area contributed by atoms with Gasteiger partial charge in [-0.2, -0.15) is 18.3 Å². The average molecular weight is 308 g/mol. The van der Waals surface area contributed by atoms with Crippen molar-refractivity contribution in [3.63, 3.8) is 0 Å². The van der Waals surface area contributed by atoms with Gasteiger partial charge >= 0.3 is 6.18 Å². The Balaban J connectivity index is 2.18. The Hall–Kier alpha value is -2.50. The van der Waals surface area contributed by atoms with Crippen molar-refractivity contribution in [2.45, 2.75) is 13.1 Å². The number of halogens is 3. The summed E-state index contributed by atoms with van der Waals surface area (Å²) in [5.41, 5.74) is 3.02. The lowest BCUT2D eigenvalue weighted by molar-refractivity contribution is -0.138. The van der Waals surface area contributed by atoms with Crippen LogP contribution in [0.25, 0.3) is 0 Å².